The molecule has 2 aliphatic rings. The highest BCUT2D eigenvalue weighted by Crippen LogP contribution is 2.34. The van der Waals surface area contributed by atoms with Crippen LogP contribution in [-0.2, 0) is 11.2 Å². The number of thiazole rings is 1. The molecule has 1 aromatic rings. The van der Waals surface area contributed by atoms with Gasteiger partial charge < -0.3 is 0 Å². The lowest BCUT2D eigenvalue weighted by Gasteiger charge is -2.11. The summed E-state index contributed by atoms with van der Waals surface area (Å²) in [6.07, 6.45) is 2.89. The molecule has 0 bridgehead atoms. The minimum atomic E-state index is 0.104. The fourth-order valence-corrected chi connectivity index (χ4v) is 3.81. The van der Waals surface area contributed by atoms with Crippen LogP contribution in [0.2, 0.25) is 0 Å². The molecule has 1 aromatic heterocycles. The lowest BCUT2D eigenvalue weighted by molar-refractivity contribution is -0.117. The molecule has 0 spiro atoms. The first kappa shape index (κ1) is 12.2. The van der Waals surface area contributed by atoms with Gasteiger partial charge in [0.15, 0.2) is 10.9 Å². The van der Waals surface area contributed by atoms with Crippen molar-refractivity contribution < 1.29 is 9.59 Å². The first-order chi connectivity index (χ1) is 8.69. The smallest absolute Gasteiger partial charge is 0.229 e. The van der Waals surface area contributed by atoms with E-state index in [1.54, 1.807) is 4.90 Å². The molecule has 1 aliphatic heterocycles. The maximum Gasteiger partial charge on any atom is 0.229 e. The zero-order valence-electron chi connectivity index (χ0n) is 9.89. The Balaban J connectivity index is 1.89. The number of hydrogen-bond acceptors (Lipinski definition) is 5. The third-order valence-corrected chi connectivity index (χ3v) is 5.13. The van der Waals surface area contributed by atoms with Gasteiger partial charge in [-0.2, -0.15) is 12.6 Å². The van der Waals surface area contributed by atoms with E-state index in [0.717, 1.165) is 23.4 Å². The van der Waals surface area contributed by atoms with Gasteiger partial charge in [0.2, 0.25) is 5.91 Å². The number of aromatic nitrogens is 1. The maximum atomic E-state index is 11.9. The predicted molar refractivity (Wildman–Crippen MR) is 73.7 cm³/mol. The largest absolute Gasteiger partial charge is 0.293 e. The molecule has 1 saturated heterocycles. The van der Waals surface area contributed by atoms with E-state index in [-0.39, 0.29) is 11.7 Å². The van der Waals surface area contributed by atoms with E-state index >= 15 is 0 Å². The van der Waals surface area contributed by atoms with Gasteiger partial charge in [0.05, 0.1) is 10.6 Å². The number of anilines is 1. The molecular formula is C12H14N2O2S2. The van der Waals surface area contributed by atoms with Crippen LogP contribution in [0.25, 0.3) is 0 Å². The summed E-state index contributed by atoms with van der Waals surface area (Å²) in [6, 6.07) is 0. The van der Waals surface area contributed by atoms with Gasteiger partial charge in [0.25, 0.3) is 0 Å². The Kier molecular flexibility index (Phi) is 3.15. The fourth-order valence-electron chi connectivity index (χ4n) is 2.46. The van der Waals surface area contributed by atoms with Gasteiger partial charge in [0.1, 0.15) is 0 Å². The van der Waals surface area contributed by atoms with Crippen LogP contribution >= 0.6 is 24.0 Å². The van der Waals surface area contributed by atoms with Crippen molar-refractivity contribution in [3.8, 4) is 0 Å². The number of hydrogen-bond donors (Lipinski definition) is 1. The first-order valence-corrected chi connectivity index (χ1v) is 7.58. The van der Waals surface area contributed by atoms with Crippen LogP contribution in [0, 0.1) is 5.92 Å². The van der Waals surface area contributed by atoms with Crippen molar-refractivity contribution in [1.82, 2.24) is 4.98 Å². The van der Waals surface area contributed by atoms with Gasteiger partial charge in [-0.15, -0.1) is 0 Å². The Bertz CT molecular complexity index is 512. The summed E-state index contributed by atoms with van der Waals surface area (Å²) in [4.78, 5) is 30.6. The monoisotopic (exact) mass is 282 g/mol. The van der Waals surface area contributed by atoms with E-state index in [1.165, 1.54) is 11.3 Å². The Morgan fingerprint density at radius 1 is 1.39 bits per heavy atom. The van der Waals surface area contributed by atoms with E-state index in [9.17, 15) is 9.59 Å². The van der Waals surface area contributed by atoms with E-state index < -0.39 is 0 Å². The average molecular weight is 282 g/mol. The molecule has 1 fully saturated rings. The third kappa shape index (κ3) is 1.97. The molecule has 0 radical (unpaired) electrons. The van der Waals surface area contributed by atoms with Crippen LogP contribution < -0.4 is 4.90 Å². The van der Waals surface area contributed by atoms with Crippen LogP contribution in [0.1, 0.15) is 34.6 Å². The van der Waals surface area contributed by atoms with Crippen LogP contribution in [0.3, 0.4) is 0 Å². The van der Waals surface area contributed by atoms with Crippen molar-refractivity contribution in [3.05, 3.63) is 10.6 Å². The number of Topliss-reactive ketones (excluding diaryl/α,β-unsaturated/α-hetero) is 1. The highest BCUT2D eigenvalue weighted by molar-refractivity contribution is 7.80. The lowest BCUT2D eigenvalue weighted by Crippen LogP contribution is -2.24. The van der Waals surface area contributed by atoms with Crippen LogP contribution in [-0.4, -0.2) is 29.0 Å². The third-order valence-electron chi connectivity index (χ3n) is 3.45. The van der Waals surface area contributed by atoms with Crippen molar-refractivity contribution in [1.29, 1.82) is 0 Å². The Morgan fingerprint density at radius 3 is 2.89 bits per heavy atom. The van der Waals surface area contributed by atoms with Crippen molar-refractivity contribution >= 4 is 40.8 Å². The zero-order chi connectivity index (χ0) is 12.7. The molecule has 2 heterocycles. The van der Waals surface area contributed by atoms with Gasteiger partial charge in [-0.05, 0) is 24.5 Å². The number of ketones is 1. The Hall–Kier alpha value is -0.880. The van der Waals surface area contributed by atoms with Crippen molar-refractivity contribution in [2.24, 2.45) is 5.92 Å². The van der Waals surface area contributed by atoms with Gasteiger partial charge in [-0.1, -0.05) is 11.3 Å². The minimum Gasteiger partial charge on any atom is -0.293 e. The number of thiol groups is 1. The summed E-state index contributed by atoms with van der Waals surface area (Å²) in [5.41, 5.74) is 0.883. The topological polar surface area (TPSA) is 50.3 Å². The number of rotatable bonds is 2. The second-order valence-corrected chi connectivity index (χ2v) is 6.15. The summed E-state index contributed by atoms with van der Waals surface area (Å²) >= 11 is 5.62. The van der Waals surface area contributed by atoms with E-state index in [0.29, 0.717) is 36.2 Å². The molecule has 6 heteroatoms. The molecule has 0 N–H and O–H groups in total. The number of carbonyl (C=O) groups excluding carboxylic acids is 2. The van der Waals surface area contributed by atoms with Gasteiger partial charge in [-0.25, -0.2) is 4.98 Å². The number of amides is 1. The van der Waals surface area contributed by atoms with Gasteiger partial charge in [0, 0.05) is 19.4 Å². The number of nitrogens with zero attached hydrogens (tertiary/aromatic N) is 2. The number of aryl methyl sites for hydroxylation is 1. The van der Waals surface area contributed by atoms with Crippen molar-refractivity contribution in [2.45, 2.75) is 25.7 Å². The molecule has 0 saturated carbocycles. The minimum absolute atomic E-state index is 0.104. The van der Waals surface area contributed by atoms with Gasteiger partial charge >= 0.3 is 0 Å². The highest BCUT2D eigenvalue weighted by atomic mass is 32.1. The van der Waals surface area contributed by atoms with Crippen molar-refractivity contribution in [3.63, 3.8) is 0 Å². The molecule has 1 amide bonds. The van der Waals surface area contributed by atoms with Crippen LogP contribution in [0.15, 0.2) is 0 Å². The normalized spacial score (nSPS) is 23.6. The molecule has 1 atom stereocenters. The standard InChI is InChI=1S/C12H14N2O2S2/c15-9-3-1-2-8-11(9)18-12(13-8)14-5-7(6-17)4-10(14)16/h7,17H,1-6H2. The molecule has 1 aliphatic carbocycles. The van der Waals surface area contributed by atoms with Crippen molar-refractivity contribution in [2.75, 3.05) is 17.2 Å². The highest BCUT2D eigenvalue weighted by Gasteiger charge is 2.33. The summed E-state index contributed by atoms with van der Waals surface area (Å²) in [6.45, 7) is 0.683. The predicted octanol–water partition coefficient (Wildman–Crippen LogP) is 1.94. The lowest BCUT2D eigenvalue weighted by atomic mass is 10.0. The quantitative estimate of drug-likeness (QED) is 0.843. The molecular weight excluding hydrogens is 268 g/mol. The second kappa shape index (κ2) is 4.66. The molecule has 0 aromatic carbocycles. The summed E-state index contributed by atoms with van der Waals surface area (Å²) in [5, 5.41) is 0.699. The zero-order valence-corrected chi connectivity index (χ0v) is 11.6. The Labute approximate surface area is 115 Å². The second-order valence-electron chi connectivity index (χ2n) is 4.81. The first-order valence-electron chi connectivity index (χ1n) is 6.13. The Morgan fingerprint density at radius 2 is 2.22 bits per heavy atom. The molecule has 1 unspecified atom stereocenters. The van der Waals surface area contributed by atoms with Crippen LogP contribution in [0.4, 0.5) is 5.13 Å². The molecule has 4 nitrogen and oxygen atoms in total. The van der Waals surface area contributed by atoms with E-state index in [4.69, 9.17) is 0 Å². The van der Waals surface area contributed by atoms with Gasteiger partial charge in [-0.3, -0.25) is 14.5 Å². The summed E-state index contributed by atoms with van der Waals surface area (Å²) < 4.78 is 0. The molecule has 96 valence electrons. The van der Waals surface area contributed by atoms with Crippen LogP contribution in [0.5, 0.6) is 0 Å². The number of fused-ring (bicyclic) bond motifs is 1. The maximum absolute atomic E-state index is 11.9. The SMILES string of the molecule is O=C1CCCc2nc(N3CC(CS)CC3=O)sc21. The summed E-state index contributed by atoms with van der Waals surface area (Å²) in [5.74, 6) is 1.30. The van der Waals surface area contributed by atoms with E-state index in [2.05, 4.69) is 17.6 Å². The molecule has 3 rings (SSSR count). The number of carbonyl (C=O) groups is 2. The van der Waals surface area contributed by atoms with E-state index in [1.807, 2.05) is 0 Å². The average Bonchev–Trinajstić information content (AvgIpc) is 2.93. The molecule has 18 heavy (non-hydrogen) atoms. The summed E-state index contributed by atoms with van der Waals surface area (Å²) in [7, 11) is 0. The fraction of sp³-hybridized carbons (Fsp3) is 0.583.